The van der Waals surface area contributed by atoms with Gasteiger partial charge in [-0.1, -0.05) is 0 Å². The number of hydrogen-bond acceptors (Lipinski definition) is 3. The van der Waals surface area contributed by atoms with Gasteiger partial charge in [-0.05, 0) is 29.8 Å². The molecule has 78 valence electrons. The van der Waals surface area contributed by atoms with Crippen molar-refractivity contribution in [2.45, 2.75) is 6.42 Å². The Morgan fingerprint density at radius 3 is 2.69 bits per heavy atom. The van der Waals surface area contributed by atoms with E-state index in [1.807, 2.05) is 6.07 Å². The first-order valence-electron chi connectivity index (χ1n) is 4.73. The molecule has 0 saturated carbocycles. The lowest BCUT2D eigenvalue weighted by atomic mass is 10.1. The van der Waals surface area contributed by atoms with Crippen LogP contribution in [0.2, 0.25) is 0 Å². The van der Waals surface area contributed by atoms with E-state index in [2.05, 4.69) is 9.97 Å². The number of pyridine rings is 2. The Hall–Kier alpha value is -2.28. The predicted octanol–water partition coefficient (Wildman–Crippen LogP) is 2.35. The van der Waals surface area contributed by atoms with Crippen molar-refractivity contribution in [1.82, 2.24) is 9.97 Å². The summed E-state index contributed by atoms with van der Waals surface area (Å²) >= 11 is 0. The maximum atomic E-state index is 13.2. The van der Waals surface area contributed by atoms with Gasteiger partial charge in [0.25, 0.3) is 0 Å². The van der Waals surface area contributed by atoms with Crippen LogP contribution in [-0.4, -0.2) is 9.97 Å². The van der Waals surface area contributed by atoms with Gasteiger partial charge < -0.3 is 0 Å². The number of nitriles is 1. The van der Waals surface area contributed by atoms with Crippen LogP contribution in [0.3, 0.4) is 0 Å². The molecule has 16 heavy (non-hydrogen) atoms. The van der Waals surface area contributed by atoms with Gasteiger partial charge in [-0.25, -0.2) is 4.98 Å². The summed E-state index contributed by atoms with van der Waals surface area (Å²) in [6, 6.07) is 8.46. The summed E-state index contributed by atoms with van der Waals surface area (Å²) in [6.07, 6.45) is 3.41. The standard InChI is InChI=1S/C12H8FN3/c13-12-8-9(1-4-14)7-11(16-12)10-2-5-15-6-3-10/h2-3,5-8H,1H2. The molecular formula is C12H8FN3. The van der Waals surface area contributed by atoms with Crippen molar-refractivity contribution in [2.75, 3.05) is 0 Å². The molecule has 0 spiro atoms. The lowest BCUT2D eigenvalue weighted by Crippen LogP contribution is -1.92. The third kappa shape index (κ3) is 2.20. The largest absolute Gasteiger partial charge is 0.265 e. The molecule has 0 saturated heterocycles. The topological polar surface area (TPSA) is 49.6 Å². The molecule has 0 N–H and O–H groups in total. The van der Waals surface area contributed by atoms with E-state index >= 15 is 0 Å². The van der Waals surface area contributed by atoms with Gasteiger partial charge in [0.2, 0.25) is 5.95 Å². The molecule has 0 radical (unpaired) electrons. The van der Waals surface area contributed by atoms with E-state index in [1.54, 1.807) is 30.6 Å². The molecular weight excluding hydrogens is 205 g/mol. The zero-order chi connectivity index (χ0) is 11.4. The molecule has 0 atom stereocenters. The fraction of sp³-hybridized carbons (Fsp3) is 0.0833. The maximum Gasteiger partial charge on any atom is 0.213 e. The number of hydrogen-bond donors (Lipinski definition) is 0. The second-order valence-electron chi connectivity index (χ2n) is 3.25. The fourth-order valence-electron chi connectivity index (χ4n) is 1.41. The van der Waals surface area contributed by atoms with Crippen molar-refractivity contribution >= 4 is 0 Å². The van der Waals surface area contributed by atoms with Crippen molar-refractivity contribution < 1.29 is 4.39 Å². The molecule has 2 aromatic heterocycles. The molecule has 2 heterocycles. The SMILES string of the molecule is N#CCc1cc(F)nc(-c2ccncc2)c1. The highest BCUT2D eigenvalue weighted by molar-refractivity contribution is 5.58. The molecule has 2 rings (SSSR count). The minimum atomic E-state index is -0.570. The maximum absolute atomic E-state index is 13.2. The summed E-state index contributed by atoms with van der Waals surface area (Å²) < 4.78 is 13.2. The Morgan fingerprint density at radius 1 is 1.25 bits per heavy atom. The summed E-state index contributed by atoms with van der Waals surface area (Å²) in [4.78, 5) is 7.66. The fourth-order valence-corrected chi connectivity index (χ4v) is 1.41. The van der Waals surface area contributed by atoms with Gasteiger partial charge in [0.1, 0.15) is 0 Å². The van der Waals surface area contributed by atoms with E-state index in [4.69, 9.17) is 5.26 Å². The van der Waals surface area contributed by atoms with Crippen LogP contribution in [0.15, 0.2) is 36.7 Å². The highest BCUT2D eigenvalue weighted by Gasteiger charge is 2.04. The quantitative estimate of drug-likeness (QED) is 0.719. The van der Waals surface area contributed by atoms with Crippen molar-refractivity contribution in [3.05, 3.63) is 48.2 Å². The van der Waals surface area contributed by atoms with E-state index in [0.29, 0.717) is 11.3 Å². The summed E-state index contributed by atoms with van der Waals surface area (Å²) in [5.74, 6) is -0.570. The first-order valence-corrected chi connectivity index (χ1v) is 4.73. The van der Waals surface area contributed by atoms with Crippen LogP contribution in [0, 0.1) is 17.3 Å². The number of rotatable bonds is 2. The number of halogens is 1. The van der Waals surface area contributed by atoms with Crippen LogP contribution in [0.1, 0.15) is 5.56 Å². The molecule has 0 aliphatic heterocycles. The van der Waals surface area contributed by atoms with Crippen molar-refractivity contribution in [1.29, 1.82) is 5.26 Å². The Balaban J connectivity index is 2.46. The average molecular weight is 213 g/mol. The molecule has 0 amide bonds. The summed E-state index contributed by atoms with van der Waals surface area (Å²) in [5.41, 5.74) is 1.93. The highest BCUT2D eigenvalue weighted by Crippen LogP contribution is 2.18. The third-order valence-corrected chi connectivity index (χ3v) is 2.11. The average Bonchev–Trinajstić information content (AvgIpc) is 2.30. The molecule has 2 aromatic rings. The molecule has 0 bridgehead atoms. The number of aromatic nitrogens is 2. The molecule has 0 aromatic carbocycles. The molecule has 3 nitrogen and oxygen atoms in total. The van der Waals surface area contributed by atoms with Crippen molar-refractivity contribution in [2.24, 2.45) is 0 Å². The van der Waals surface area contributed by atoms with E-state index in [0.717, 1.165) is 5.56 Å². The number of nitrogens with zero attached hydrogens (tertiary/aromatic N) is 3. The van der Waals surface area contributed by atoms with Crippen molar-refractivity contribution in [3.63, 3.8) is 0 Å². The Kier molecular flexibility index (Phi) is 2.88. The first kappa shape index (κ1) is 10.2. The Morgan fingerprint density at radius 2 is 2.00 bits per heavy atom. The molecule has 4 heteroatoms. The zero-order valence-electron chi connectivity index (χ0n) is 8.39. The smallest absolute Gasteiger partial charge is 0.213 e. The van der Waals surface area contributed by atoms with Crippen LogP contribution < -0.4 is 0 Å². The lowest BCUT2D eigenvalue weighted by molar-refractivity contribution is 0.583. The third-order valence-electron chi connectivity index (χ3n) is 2.11. The van der Waals surface area contributed by atoms with Crippen LogP contribution >= 0.6 is 0 Å². The normalized spacial score (nSPS) is 9.75. The molecule has 0 unspecified atom stereocenters. The summed E-state index contributed by atoms with van der Waals surface area (Å²) in [6.45, 7) is 0. The molecule has 0 aliphatic carbocycles. The van der Waals surface area contributed by atoms with Gasteiger partial charge in [-0.3, -0.25) is 4.98 Å². The highest BCUT2D eigenvalue weighted by atomic mass is 19.1. The zero-order valence-corrected chi connectivity index (χ0v) is 8.39. The van der Waals surface area contributed by atoms with Crippen molar-refractivity contribution in [3.8, 4) is 17.3 Å². The van der Waals surface area contributed by atoms with Crippen LogP contribution in [0.5, 0.6) is 0 Å². The second-order valence-corrected chi connectivity index (χ2v) is 3.25. The van der Waals surface area contributed by atoms with Crippen LogP contribution in [0.25, 0.3) is 11.3 Å². The van der Waals surface area contributed by atoms with E-state index in [1.165, 1.54) is 6.07 Å². The lowest BCUT2D eigenvalue weighted by Gasteiger charge is -2.02. The van der Waals surface area contributed by atoms with Crippen LogP contribution in [-0.2, 0) is 6.42 Å². The minimum Gasteiger partial charge on any atom is -0.265 e. The van der Waals surface area contributed by atoms with Gasteiger partial charge in [0, 0.05) is 18.0 Å². The van der Waals surface area contributed by atoms with Gasteiger partial charge in [-0.2, -0.15) is 9.65 Å². The molecule has 0 aliphatic rings. The van der Waals surface area contributed by atoms with E-state index in [-0.39, 0.29) is 6.42 Å². The van der Waals surface area contributed by atoms with Gasteiger partial charge in [0.05, 0.1) is 18.2 Å². The second kappa shape index (κ2) is 4.49. The Bertz CT molecular complexity index is 532. The summed E-state index contributed by atoms with van der Waals surface area (Å²) in [5, 5.41) is 8.57. The van der Waals surface area contributed by atoms with Gasteiger partial charge in [-0.15, -0.1) is 0 Å². The first-order chi connectivity index (χ1) is 7.79. The van der Waals surface area contributed by atoms with E-state index < -0.39 is 5.95 Å². The van der Waals surface area contributed by atoms with Gasteiger partial charge >= 0.3 is 0 Å². The Labute approximate surface area is 92.2 Å². The monoisotopic (exact) mass is 213 g/mol. The predicted molar refractivity (Wildman–Crippen MR) is 56.7 cm³/mol. The summed E-state index contributed by atoms with van der Waals surface area (Å²) in [7, 11) is 0. The van der Waals surface area contributed by atoms with Crippen LogP contribution in [0.4, 0.5) is 4.39 Å². The molecule has 0 fully saturated rings. The van der Waals surface area contributed by atoms with E-state index in [9.17, 15) is 4.39 Å². The minimum absolute atomic E-state index is 0.178. The van der Waals surface area contributed by atoms with Gasteiger partial charge in [0.15, 0.2) is 0 Å².